The van der Waals surface area contributed by atoms with Crippen molar-refractivity contribution in [3.05, 3.63) is 51.9 Å². The van der Waals surface area contributed by atoms with Crippen molar-refractivity contribution in [1.82, 2.24) is 9.97 Å². The van der Waals surface area contributed by atoms with Gasteiger partial charge in [0.2, 0.25) is 0 Å². The first kappa shape index (κ1) is 12.8. The largest absolute Gasteiger partial charge is 0.304 e. The maximum absolute atomic E-state index is 12.0. The first-order valence-electron chi connectivity index (χ1n) is 5.12. The van der Waals surface area contributed by atoms with Crippen LogP contribution in [-0.2, 0) is 0 Å². The Bertz CT molecular complexity index is 602. The molecule has 0 unspecified atom stereocenters. The third-order valence-electron chi connectivity index (χ3n) is 2.33. The molecule has 0 spiro atoms. The van der Waals surface area contributed by atoms with Gasteiger partial charge in [0, 0.05) is 23.0 Å². The molecule has 0 fully saturated rings. The molecular weight excluding hydrogens is 273 g/mol. The summed E-state index contributed by atoms with van der Waals surface area (Å²) in [5.74, 6) is -0.0963. The summed E-state index contributed by atoms with van der Waals surface area (Å²) < 4.78 is 0. The molecule has 92 valence electrons. The van der Waals surface area contributed by atoms with Gasteiger partial charge in [-0.2, -0.15) is 0 Å². The van der Waals surface area contributed by atoms with Crippen LogP contribution in [-0.4, -0.2) is 15.9 Å². The summed E-state index contributed by atoms with van der Waals surface area (Å²) >= 11 is 11.7. The van der Waals surface area contributed by atoms with E-state index in [-0.39, 0.29) is 16.9 Å². The van der Waals surface area contributed by atoms with Gasteiger partial charge in [0.25, 0.3) is 5.91 Å². The zero-order chi connectivity index (χ0) is 13.1. The molecule has 1 amide bonds. The Morgan fingerprint density at radius 2 is 1.94 bits per heavy atom. The van der Waals surface area contributed by atoms with Crippen LogP contribution in [0, 0.1) is 6.92 Å². The van der Waals surface area contributed by atoms with Crippen molar-refractivity contribution in [3.63, 3.8) is 0 Å². The molecule has 1 aromatic carbocycles. The van der Waals surface area contributed by atoms with Crippen LogP contribution in [0.25, 0.3) is 0 Å². The van der Waals surface area contributed by atoms with Gasteiger partial charge >= 0.3 is 0 Å². The average Bonchev–Trinajstić information content (AvgIpc) is 2.35. The van der Waals surface area contributed by atoms with Crippen molar-refractivity contribution in [2.45, 2.75) is 6.92 Å². The molecule has 0 aliphatic carbocycles. The van der Waals surface area contributed by atoms with Gasteiger partial charge in [-0.25, -0.2) is 9.97 Å². The number of nitrogens with zero attached hydrogens (tertiary/aromatic N) is 2. The molecule has 0 atom stereocenters. The van der Waals surface area contributed by atoms with Gasteiger partial charge in [-0.3, -0.25) is 4.79 Å². The summed E-state index contributed by atoms with van der Waals surface area (Å²) in [5, 5.41) is 3.23. The lowest BCUT2D eigenvalue weighted by Crippen LogP contribution is -2.14. The number of hydrogen-bond donors (Lipinski definition) is 1. The Kier molecular flexibility index (Phi) is 3.79. The minimum Gasteiger partial charge on any atom is -0.304 e. The summed E-state index contributed by atoms with van der Waals surface area (Å²) in [4.78, 5) is 19.8. The Balaban J connectivity index is 2.28. The van der Waals surface area contributed by atoms with Crippen molar-refractivity contribution >= 4 is 34.9 Å². The van der Waals surface area contributed by atoms with Crippen LogP contribution >= 0.6 is 23.2 Å². The molecular formula is C12H9Cl2N3O. The zero-order valence-corrected chi connectivity index (χ0v) is 11.0. The van der Waals surface area contributed by atoms with E-state index in [1.807, 2.05) is 6.92 Å². The fraction of sp³-hybridized carbons (Fsp3) is 0.0833. The van der Waals surface area contributed by atoms with Gasteiger partial charge in [0.15, 0.2) is 11.0 Å². The summed E-state index contributed by atoms with van der Waals surface area (Å²) in [5.41, 5.74) is 1.29. The molecule has 0 bridgehead atoms. The Morgan fingerprint density at radius 3 is 2.67 bits per heavy atom. The van der Waals surface area contributed by atoms with Gasteiger partial charge in [0.05, 0.1) is 0 Å². The zero-order valence-electron chi connectivity index (χ0n) is 9.45. The minimum atomic E-state index is -0.322. The molecule has 0 saturated carbocycles. The van der Waals surface area contributed by atoms with E-state index in [0.717, 1.165) is 5.56 Å². The smallest absolute Gasteiger partial charge is 0.257 e. The van der Waals surface area contributed by atoms with E-state index in [9.17, 15) is 4.79 Å². The molecule has 0 saturated heterocycles. The number of aromatic nitrogens is 2. The molecule has 1 aromatic heterocycles. The number of carbonyl (C=O) groups is 1. The third-order valence-corrected chi connectivity index (χ3v) is 2.84. The van der Waals surface area contributed by atoms with E-state index in [4.69, 9.17) is 23.2 Å². The van der Waals surface area contributed by atoms with E-state index in [2.05, 4.69) is 15.3 Å². The molecule has 6 heteroatoms. The summed E-state index contributed by atoms with van der Waals surface area (Å²) in [6.07, 6.45) is 2.90. The normalized spacial score (nSPS) is 10.2. The maximum Gasteiger partial charge on any atom is 0.257 e. The van der Waals surface area contributed by atoms with Gasteiger partial charge in [-0.05, 0) is 24.6 Å². The fourth-order valence-corrected chi connectivity index (χ4v) is 1.74. The van der Waals surface area contributed by atoms with Gasteiger partial charge in [0.1, 0.15) is 0 Å². The van der Waals surface area contributed by atoms with Crippen LogP contribution in [0.3, 0.4) is 0 Å². The Morgan fingerprint density at radius 1 is 1.22 bits per heavy atom. The number of amides is 1. The van der Waals surface area contributed by atoms with Gasteiger partial charge in [-0.15, -0.1) is 0 Å². The first-order valence-corrected chi connectivity index (χ1v) is 5.87. The second-order valence-electron chi connectivity index (χ2n) is 3.61. The highest BCUT2D eigenvalue weighted by molar-refractivity contribution is 6.32. The van der Waals surface area contributed by atoms with Crippen molar-refractivity contribution in [2.75, 3.05) is 5.32 Å². The second-order valence-corrected chi connectivity index (χ2v) is 4.40. The average molecular weight is 282 g/mol. The predicted molar refractivity (Wildman–Crippen MR) is 71.2 cm³/mol. The number of benzene rings is 1. The molecule has 0 radical (unpaired) electrons. The lowest BCUT2D eigenvalue weighted by atomic mass is 10.1. The van der Waals surface area contributed by atoms with Crippen LogP contribution in [0.4, 0.5) is 5.82 Å². The topological polar surface area (TPSA) is 54.9 Å². The maximum atomic E-state index is 12.0. The van der Waals surface area contributed by atoms with Crippen molar-refractivity contribution < 1.29 is 4.79 Å². The van der Waals surface area contributed by atoms with E-state index < -0.39 is 0 Å². The quantitative estimate of drug-likeness (QED) is 0.919. The molecule has 2 aromatic rings. The predicted octanol–water partition coefficient (Wildman–Crippen LogP) is 3.34. The standard InChI is InChI=1S/C12H9Cl2N3O/c1-7-2-3-8(13)6-9(7)12(18)17-11-10(14)15-4-5-16-11/h2-6H,1H3,(H,16,17,18). The lowest BCUT2D eigenvalue weighted by Gasteiger charge is -2.07. The summed E-state index contributed by atoms with van der Waals surface area (Å²) in [6, 6.07) is 5.09. The highest BCUT2D eigenvalue weighted by atomic mass is 35.5. The van der Waals surface area contributed by atoms with Crippen molar-refractivity contribution in [3.8, 4) is 0 Å². The molecule has 2 rings (SSSR count). The number of rotatable bonds is 2. The number of anilines is 1. The van der Waals surface area contributed by atoms with Crippen molar-refractivity contribution in [2.24, 2.45) is 0 Å². The summed E-state index contributed by atoms with van der Waals surface area (Å²) in [6.45, 7) is 1.82. The monoisotopic (exact) mass is 281 g/mol. The number of nitrogens with one attached hydrogen (secondary N) is 1. The molecule has 1 N–H and O–H groups in total. The Hall–Kier alpha value is -1.65. The number of halogens is 2. The van der Waals surface area contributed by atoms with Gasteiger partial charge < -0.3 is 5.32 Å². The summed E-state index contributed by atoms with van der Waals surface area (Å²) in [7, 11) is 0. The van der Waals surface area contributed by atoms with E-state index in [0.29, 0.717) is 10.6 Å². The molecule has 0 aliphatic rings. The van der Waals surface area contributed by atoms with Crippen molar-refractivity contribution in [1.29, 1.82) is 0 Å². The highest BCUT2D eigenvalue weighted by Crippen LogP contribution is 2.19. The first-order chi connectivity index (χ1) is 8.58. The van der Waals surface area contributed by atoms with Crippen LogP contribution in [0.1, 0.15) is 15.9 Å². The molecule has 0 aliphatic heterocycles. The Labute approximate surface area is 114 Å². The SMILES string of the molecule is Cc1ccc(Cl)cc1C(=O)Nc1nccnc1Cl. The van der Waals surface area contributed by atoms with E-state index >= 15 is 0 Å². The van der Waals surface area contributed by atoms with E-state index in [1.165, 1.54) is 12.4 Å². The van der Waals surface area contributed by atoms with Crippen LogP contribution < -0.4 is 5.32 Å². The van der Waals surface area contributed by atoms with Gasteiger partial charge in [-0.1, -0.05) is 29.3 Å². The number of aryl methyl sites for hydroxylation is 1. The number of carbonyl (C=O) groups excluding carboxylic acids is 1. The fourth-order valence-electron chi connectivity index (χ4n) is 1.42. The lowest BCUT2D eigenvalue weighted by molar-refractivity contribution is 0.102. The third kappa shape index (κ3) is 2.78. The molecule has 18 heavy (non-hydrogen) atoms. The van der Waals surface area contributed by atoms with Crippen LogP contribution in [0.2, 0.25) is 10.2 Å². The number of hydrogen-bond acceptors (Lipinski definition) is 3. The molecule has 4 nitrogen and oxygen atoms in total. The van der Waals surface area contributed by atoms with E-state index in [1.54, 1.807) is 18.2 Å². The minimum absolute atomic E-state index is 0.144. The molecule has 1 heterocycles. The highest BCUT2D eigenvalue weighted by Gasteiger charge is 2.12. The second kappa shape index (κ2) is 5.33. The van der Waals surface area contributed by atoms with Crippen LogP contribution in [0.15, 0.2) is 30.6 Å². The van der Waals surface area contributed by atoms with Crippen LogP contribution in [0.5, 0.6) is 0 Å².